The van der Waals surface area contributed by atoms with Gasteiger partial charge < -0.3 is 14.3 Å². The molecule has 6 heteroatoms. The molecule has 0 bridgehead atoms. The number of nitrogens with zero attached hydrogens (tertiary/aromatic N) is 3. The summed E-state index contributed by atoms with van der Waals surface area (Å²) in [6.45, 7) is 5.34. The van der Waals surface area contributed by atoms with Crippen LogP contribution >= 0.6 is 0 Å². The molecule has 2 aromatic carbocycles. The topological polar surface area (TPSA) is 66.7 Å². The van der Waals surface area contributed by atoms with Gasteiger partial charge in [-0.05, 0) is 44.0 Å². The van der Waals surface area contributed by atoms with Crippen LogP contribution in [0.5, 0.6) is 0 Å². The van der Waals surface area contributed by atoms with E-state index < -0.39 is 0 Å². The van der Waals surface area contributed by atoms with E-state index in [0.29, 0.717) is 12.2 Å². The van der Waals surface area contributed by atoms with E-state index >= 15 is 0 Å². The van der Waals surface area contributed by atoms with Gasteiger partial charge in [0.15, 0.2) is 5.69 Å². The van der Waals surface area contributed by atoms with Crippen molar-refractivity contribution < 1.29 is 14.1 Å². The van der Waals surface area contributed by atoms with Crippen molar-refractivity contribution >= 4 is 23.2 Å². The summed E-state index contributed by atoms with van der Waals surface area (Å²) in [5.74, 6) is 0.362. The zero-order valence-corrected chi connectivity index (χ0v) is 16.7. The van der Waals surface area contributed by atoms with Gasteiger partial charge in [-0.1, -0.05) is 41.6 Å². The van der Waals surface area contributed by atoms with E-state index in [-0.39, 0.29) is 29.6 Å². The van der Waals surface area contributed by atoms with E-state index in [2.05, 4.69) is 5.16 Å². The molecule has 4 rings (SSSR count). The van der Waals surface area contributed by atoms with Crippen molar-refractivity contribution in [3.63, 3.8) is 0 Å². The van der Waals surface area contributed by atoms with Crippen LogP contribution in [0.25, 0.3) is 0 Å². The second-order valence-electron chi connectivity index (χ2n) is 7.38. The molecule has 2 unspecified atom stereocenters. The van der Waals surface area contributed by atoms with E-state index in [1.54, 1.807) is 24.8 Å². The van der Waals surface area contributed by atoms with Crippen LogP contribution in [0.3, 0.4) is 0 Å². The first kappa shape index (κ1) is 18.9. The molecule has 2 atom stereocenters. The van der Waals surface area contributed by atoms with Gasteiger partial charge in [0.05, 0.1) is 6.04 Å². The van der Waals surface area contributed by atoms with Gasteiger partial charge in [-0.15, -0.1) is 0 Å². The number of rotatable bonds is 3. The summed E-state index contributed by atoms with van der Waals surface area (Å²) in [6.07, 6.45) is 0.619. The highest BCUT2D eigenvalue weighted by Crippen LogP contribution is 2.42. The van der Waals surface area contributed by atoms with Crippen LogP contribution in [0.4, 0.5) is 11.4 Å². The smallest absolute Gasteiger partial charge is 0.280 e. The molecular weight excluding hydrogens is 366 g/mol. The number of aromatic nitrogens is 1. The number of hydrogen-bond donors (Lipinski definition) is 0. The maximum Gasteiger partial charge on any atom is 0.280 e. The lowest BCUT2D eigenvalue weighted by Gasteiger charge is -2.43. The highest BCUT2D eigenvalue weighted by Gasteiger charge is 2.38. The van der Waals surface area contributed by atoms with Crippen molar-refractivity contribution in [3.8, 4) is 0 Å². The highest BCUT2D eigenvalue weighted by molar-refractivity contribution is 6.06. The Labute approximate surface area is 169 Å². The standard InChI is InChI=1S/C23H23N3O3/c1-15-13-22(26(17(3)27)18-9-5-4-6-10-18)19-11-7-8-12-21(19)25(15)23(28)20-14-16(2)29-24-20/h4-12,14-15,22H,13H2,1-3H3. The summed E-state index contributed by atoms with van der Waals surface area (Å²) in [5, 5.41) is 3.90. The van der Waals surface area contributed by atoms with Gasteiger partial charge in [0.25, 0.3) is 5.91 Å². The van der Waals surface area contributed by atoms with Gasteiger partial charge in [0.1, 0.15) is 5.76 Å². The molecule has 0 saturated carbocycles. The van der Waals surface area contributed by atoms with Gasteiger partial charge in [0.2, 0.25) is 5.91 Å². The van der Waals surface area contributed by atoms with E-state index in [0.717, 1.165) is 16.9 Å². The SMILES string of the molecule is CC(=O)N(c1ccccc1)C1CC(C)N(C(=O)c2cc(C)on2)c2ccccc21. The first-order valence-electron chi connectivity index (χ1n) is 9.68. The Morgan fingerprint density at radius 2 is 1.79 bits per heavy atom. The van der Waals surface area contributed by atoms with Crippen molar-refractivity contribution in [2.75, 3.05) is 9.80 Å². The van der Waals surface area contributed by atoms with E-state index in [9.17, 15) is 9.59 Å². The Morgan fingerprint density at radius 1 is 1.10 bits per heavy atom. The first-order valence-corrected chi connectivity index (χ1v) is 9.68. The molecule has 1 aliphatic rings. The maximum absolute atomic E-state index is 13.2. The molecule has 1 aromatic heterocycles. The largest absolute Gasteiger partial charge is 0.361 e. The quantitative estimate of drug-likeness (QED) is 0.661. The zero-order valence-electron chi connectivity index (χ0n) is 16.7. The molecule has 0 N–H and O–H groups in total. The average molecular weight is 389 g/mol. The van der Waals surface area contributed by atoms with Gasteiger partial charge in [-0.3, -0.25) is 9.59 Å². The zero-order chi connectivity index (χ0) is 20.5. The predicted octanol–water partition coefficient (Wildman–Crippen LogP) is 4.52. The molecule has 148 valence electrons. The van der Waals surface area contributed by atoms with Crippen molar-refractivity contribution in [2.24, 2.45) is 0 Å². The normalized spacial score (nSPS) is 18.2. The molecule has 2 heterocycles. The minimum Gasteiger partial charge on any atom is -0.361 e. The number of carbonyl (C=O) groups is 2. The Hall–Kier alpha value is -3.41. The van der Waals surface area contributed by atoms with Crippen LogP contribution in [0.1, 0.15) is 48.1 Å². The van der Waals surface area contributed by atoms with Gasteiger partial charge in [-0.25, -0.2) is 0 Å². The third-order valence-electron chi connectivity index (χ3n) is 5.31. The van der Waals surface area contributed by atoms with E-state index in [1.807, 2.05) is 66.4 Å². The third kappa shape index (κ3) is 3.42. The monoisotopic (exact) mass is 389 g/mol. The Balaban J connectivity index is 1.78. The number of benzene rings is 2. The van der Waals surface area contributed by atoms with Crippen LogP contribution < -0.4 is 9.80 Å². The Morgan fingerprint density at radius 3 is 2.45 bits per heavy atom. The van der Waals surface area contributed by atoms with Crippen molar-refractivity contribution in [3.05, 3.63) is 77.7 Å². The average Bonchev–Trinajstić information content (AvgIpc) is 3.15. The van der Waals surface area contributed by atoms with Crippen LogP contribution in [-0.2, 0) is 4.79 Å². The fourth-order valence-electron chi connectivity index (χ4n) is 4.10. The van der Waals surface area contributed by atoms with E-state index in [4.69, 9.17) is 4.52 Å². The number of fused-ring (bicyclic) bond motifs is 1. The molecule has 6 nitrogen and oxygen atoms in total. The Bertz CT molecular complexity index is 1040. The van der Waals surface area contributed by atoms with Crippen LogP contribution in [0, 0.1) is 6.92 Å². The van der Waals surface area contributed by atoms with Crippen LogP contribution in [0.15, 0.2) is 65.2 Å². The molecule has 3 aromatic rings. The van der Waals surface area contributed by atoms with E-state index in [1.165, 1.54) is 0 Å². The molecule has 0 spiro atoms. The van der Waals surface area contributed by atoms with Crippen molar-refractivity contribution in [1.29, 1.82) is 0 Å². The van der Waals surface area contributed by atoms with Gasteiger partial charge in [-0.2, -0.15) is 0 Å². The number of carbonyl (C=O) groups excluding carboxylic acids is 2. The number of aryl methyl sites for hydroxylation is 1. The van der Waals surface area contributed by atoms with Gasteiger partial charge >= 0.3 is 0 Å². The molecule has 0 saturated heterocycles. The summed E-state index contributed by atoms with van der Waals surface area (Å²) in [7, 11) is 0. The molecule has 0 aliphatic carbocycles. The second-order valence-corrected chi connectivity index (χ2v) is 7.38. The lowest BCUT2D eigenvalue weighted by Crippen LogP contribution is -2.47. The molecular formula is C23H23N3O3. The fraction of sp³-hybridized carbons (Fsp3) is 0.261. The number of anilines is 2. The number of hydrogen-bond acceptors (Lipinski definition) is 4. The number of para-hydroxylation sites is 2. The first-order chi connectivity index (χ1) is 14.0. The second kappa shape index (κ2) is 7.54. The molecule has 2 amide bonds. The number of amides is 2. The molecule has 1 aliphatic heterocycles. The summed E-state index contributed by atoms with van der Waals surface area (Å²) < 4.78 is 5.10. The highest BCUT2D eigenvalue weighted by atomic mass is 16.5. The Kier molecular flexibility index (Phi) is 4.92. The maximum atomic E-state index is 13.2. The third-order valence-corrected chi connectivity index (χ3v) is 5.31. The minimum absolute atomic E-state index is 0.0323. The molecule has 0 radical (unpaired) electrons. The summed E-state index contributed by atoms with van der Waals surface area (Å²) >= 11 is 0. The lowest BCUT2D eigenvalue weighted by molar-refractivity contribution is -0.117. The van der Waals surface area contributed by atoms with Crippen molar-refractivity contribution in [2.45, 2.75) is 39.3 Å². The molecule has 29 heavy (non-hydrogen) atoms. The lowest BCUT2D eigenvalue weighted by atomic mass is 9.89. The minimum atomic E-state index is -0.200. The van der Waals surface area contributed by atoms with Crippen LogP contribution in [-0.4, -0.2) is 23.0 Å². The van der Waals surface area contributed by atoms with Crippen LogP contribution in [0.2, 0.25) is 0 Å². The van der Waals surface area contributed by atoms with Crippen molar-refractivity contribution in [1.82, 2.24) is 5.16 Å². The fourth-order valence-corrected chi connectivity index (χ4v) is 4.10. The van der Waals surface area contributed by atoms with Gasteiger partial charge in [0, 0.05) is 30.4 Å². The predicted molar refractivity (Wildman–Crippen MR) is 111 cm³/mol. The summed E-state index contributed by atoms with van der Waals surface area (Å²) in [4.78, 5) is 29.4. The summed E-state index contributed by atoms with van der Waals surface area (Å²) in [5.41, 5.74) is 2.87. The summed E-state index contributed by atoms with van der Waals surface area (Å²) in [6, 6.07) is 18.8. The molecule has 0 fully saturated rings.